The second-order valence-electron chi connectivity index (χ2n) is 8.40. The third kappa shape index (κ3) is 4.28. The molecule has 3 heterocycles. The molecule has 0 atom stereocenters. The molecule has 1 aliphatic carbocycles. The predicted molar refractivity (Wildman–Crippen MR) is 120 cm³/mol. The van der Waals surface area contributed by atoms with Gasteiger partial charge in [0.05, 0.1) is 4.92 Å². The van der Waals surface area contributed by atoms with E-state index in [9.17, 15) is 14.9 Å². The van der Waals surface area contributed by atoms with Gasteiger partial charge in [-0.3, -0.25) is 14.9 Å². The van der Waals surface area contributed by atoms with Gasteiger partial charge in [-0.2, -0.15) is 4.98 Å². The van der Waals surface area contributed by atoms with Gasteiger partial charge in [0.2, 0.25) is 11.7 Å². The zero-order valence-corrected chi connectivity index (χ0v) is 18.1. The lowest BCUT2D eigenvalue weighted by Gasteiger charge is -2.35. The number of amides is 1. The SMILES string of the molecule is O=C(c1ccccc1[N+](=O)[O-])N1CCN(c2ccc(-c3noc(C4CCCC4)n3)cn2)CC1. The zero-order chi connectivity index (χ0) is 22.8. The van der Waals surface area contributed by atoms with Gasteiger partial charge < -0.3 is 14.3 Å². The Balaban J connectivity index is 1.22. The van der Waals surface area contributed by atoms with Gasteiger partial charge in [-0.1, -0.05) is 30.1 Å². The number of nitrogens with zero attached hydrogens (tertiary/aromatic N) is 6. The van der Waals surface area contributed by atoms with Crippen LogP contribution in [-0.2, 0) is 0 Å². The van der Waals surface area contributed by atoms with Crippen LogP contribution < -0.4 is 4.90 Å². The summed E-state index contributed by atoms with van der Waals surface area (Å²) in [5.41, 5.74) is 0.757. The highest BCUT2D eigenvalue weighted by molar-refractivity contribution is 5.98. The molecule has 0 spiro atoms. The lowest BCUT2D eigenvalue weighted by Crippen LogP contribution is -2.49. The summed E-state index contributed by atoms with van der Waals surface area (Å²) in [7, 11) is 0. The van der Waals surface area contributed by atoms with Crippen LogP contribution in [0.3, 0.4) is 0 Å². The zero-order valence-electron chi connectivity index (χ0n) is 18.1. The Hall–Kier alpha value is -3.82. The molecule has 3 aromatic rings. The molecule has 1 saturated carbocycles. The minimum Gasteiger partial charge on any atom is -0.353 e. The van der Waals surface area contributed by atoms with Crippen molar-refractivity contribution in [2.45, 2.75) is 31.6 Å². The van der Waals surface area contributed by atoms with Crippen LogP contribution in [0.15, 0.2) is 47.1 Å². The van der Waals surface area contributed by atoms with Crippen molar-refractivity contribution >= 4 is 17.4 Å². The van der Waals surface area contributed by atoms with Crippen molar-refractivity contribution < 1.29 is 14.2 Å². The smallest absolute Gasteiger partial charge is 0.282 e. The first kappa shape index (κ1) is 21.0. The number of nitro benzene ring substituents is 1. The minimum atomic E-state index is -0.518. The van der Waals surface area contributed by atoms with Crippen molar-refractivity contribution in [2.24, 2.45) is 0 Å². The number of pyridine rings is 1. The number of aromatic nitrogens is 3. The molecule has 2 fully saturated rings. The average Bonchev–Trinajstić information content (AvgIpc) is 3.56. The fourth-order valence-corrected chi connectivity index (χ4v) is 4.52. The summed E-state index contributed by atoms with van der Waals surface area (Å²) in [4.78, 5) is 36.4. The molecule has 10 nitrogen and oxygen atoms in total. The largest absolute Gasteiger partial charge is 0.353 e. The summed E-state index contributed by atoms with van der Waals surface area (Å²) < 4.78 is 5.46. The van der Waals surface area contributed by atoms with Crippen LogP contribution in [0.5, 0.6) is 0 Å². The summed E-state index contributed by atoms with van der Waals surface area (Å²) in [6, 6.07) is 9.91. The van der Waals surface area contributed by atoms with Gasteiger partial charge in [0, 0.05) is 49.9 Å². The molecule has 0 radical (unpaired) electrons. The summed E-state index contributed by atoms with van der Waals surface area (Å²) in [6.07, 6.45) is 6.36. The molecule has 0 unspecified atom stereocenters. The number of piperazine rings is 1. The van der Waals surface area contributed by atoms with Crippen molar-refractivity contribution in [1.29, 1.82) is 0 Å². The first-order valence-electron chi connectivity index (χ1n) is 11.2. The molecule has 33 heavy (non-hydrogen) atoms. The van der Waals surface area contributed by atoms with Crippen molar-refractivity contribution in [3.8, 4) is 11.4 Å². The summed E-state index contributed by atoms with van der Waals surface area (Å²) in [6.45, 7) is 2.10. The van der Waals surface area contributed by atoms with E-state index in [2.05, 4.69) is 20.0 Å². The van der Waals surface area contributed by atoms with E-state index in [4.69, 9.17) is 4.52 Å². The van der Waals surface area contributed by atoms with Crippen molar-refractivity contribution in [1.82, 2.24) is 20.0 Å². The standard InChI is InChI=1S/C23H24N6O4/c30-23(18-7-3-4-8-19(18)29(31)32)28-13-11-27(12-14-28)20-10-9-17(15-24-20)21-25-22(33-26-21)16-5-1-2-6-16/h3-4,7-10,15-16H,1-2,5-6,11-14H2. The number of nitro groups is 1. The summed E-state index contributed by atoms with van der Waals surface area (Å²) in [5, 5.41) is 15.4. The van der Waals surface area contributed by atoms with Gasteiger partial charge in [0.15, 0.2) is 0 Å². The van der Waals surface area contributed by atoms with Crippen LogP contribution in [0, 0.1) is 10.1 Å². The Kier molecular flexibility index (Phi) is 5.72. The Morgan fingerprint density at radius 1 is 1.06 bits per heavy atom. The van der Waals surface area contributed by atoms with Crippen LogP contribution >= 0.6 is 0 Å². The van der Waals surface area contributed by atoms with E-state index in [0.29, 0.717) is 43.8 Å². The van der Waals surface area contributed by atoms with E-state index in [-0.39, 0.29) is 17.2 Å². The fraction of sp³-hybridized carbons (Fsp3) is 0.391. The highest BCUT2D eigenvalue weighted by Crippen LogP contribution is 2.34. The summed E-state index contributed by atoms with van der Waals surface area (Å²) in [5.74, 6) is 2.12. The van der Waals surface area contributed by atoms with Crippen LogP contribution in [-0.4, -0.2) is 57.0 Å². The Morgan fingerprint density at radius 3 is 2.52 bits per heavy atom. The Bertz CT molecular complexity index is 1150. The number of hydrogen-bond acceptors (Lipinski definition) is 8. The number of rotatable bonds is 5. The van der Waals surface area contributed by atoms with Gasteiger partial charge in [0.1, 0.15) is 11.4 Å². The first-order chi connectivity index (χ1) is 16.1. The maximum absolute atomic E-state index is 12.8. The Labute approximate surface area is 190 Å². The van der Waals surface area contributed by atoms with E-state index < -0.39 is 4.92 Å². The van der Waals surface area contributed by atoms with E-state index in [0.717, 1.165) is 24.2 Å². The van der Waals surface area contributed by atoms with Crippen molar-refractivity contribution in [2.75, 3.05) is 31.1 Å². The number of carbonyl (C=O) groups is 1. The average molecular weight is 448 g/mol. The number of carbonyl (C=O) groups excluding carboxylic acids is 1. The third-order valence-corrected chi connectivity index (χ3v) is 6.37. The van der Waals surface area contributed by atoms with Crippen LogP contribution in [0.4, 0.5) is 11.5 Å². The quantitative estimate of drug-likeness (QED) is 0.429. The summed E-state index contributed by atoms with van der Waals surface area (Å²) >= 11 is 0. The third-order valence-electron chi connectivity index (χ3n) is 6.37. The van der Waals surface area contributed by atoms with Crippen molar-refractivity contribution in [3.63, 3.8) is 0 Å². The topological polar surface area (TPSA) is 118 Å². The second kappa shape index (κ2) is 8.97. The maximum atomic E-state index is 12.8. The molecule has 0 bridgehead atoms. The fourth-order valence-electron chi connectivity index (χ4n) is 4.52. The van der Waals surface area contributed by atoms with Gasteiger partial charge in [-0.05, 0) is 31.0 Å². The molecule has 1 aromatic carbocycles. The predicted octanol–water partition coefficient (Wildman–Crippen LogP) is 3.66. The highest BCUT2D eigenvalue weighted by Gasteiger charge is 2.28. The molecule has 0 N–H and O–H groups in total. The van der Waals surface area contributed by atoms with Crippen LogP contribution in [0.2, 0.25) is 0 Å². The Morgan fingerprint density at radius 2 is 1.82 bits per heavy atom. The lowest BCUT2D eigenvalue weighted by molar-refractivity contribution is -0.385. The molecule has 1 saturated heterocycles. The van der Waals surface area contributed by atoms with Gasteiger partial charge in [-0.25, -0.2) is 4.98 Å². The molecule has 170 valence electrons. The number of anilines is 1. The highest BCUT2D eigenvalue weighted by atomic mass is 16.6. The van der Waals surface area contributed by atoms with Gasteiger partial charge in [0.25, 0.3) is 11.6 Å². The maximum Gasteiger partial charge on any atom is 0.282 e. The number of para-hydroxylation sites is 1. The normalized spacial score (nSPS) is 16.8. The van der Waals surface area contributed by atoms with Crippen molar-refractivity contribution in [3.05, 3.63) is 64.2 Å². The van der Waals surface area contributed by atoms with E-state index in [1.54, 1.807) is 23.2 Å². The van der Waals surface area contributed by atoms with Gasteiger partial charge in [-0.15, -0.1) is 0 Å². The first-order valence-corrected chi connectivity index (χ1v) is 11.2. The van der Waals surface area contributed by atoms with Crippen LogP contribution in [0.25, 0.3) is 11.4 Å². The molecule has 2 aliphatic rings. The van der Waals surface area contributed by atoms with Gasteiger partial charge >= 0.3 is 0 Å². The number of benzene rings is 1. The molecular formula is C23H24N6O4. The molecule has 5 rings (SSSR count). The van der Waals surface area contributed by atoms with Crippen LogP contribution in [0.1, 0.15) is 47.8 Å². The van der Waals surface area contributed by atoms with E-state index in [1.807, 2.05) is 12.1 Å². The number of hydrogen-bond donors (Lipinski definition) is 0. The second-order valence-corrected chi connectivity index (χ2v) is 8.40. The van der Waals surface area contributed by atoms with E-state index in [1.165, 1.54) is 25.0 Å². The lowest BCUT2D eigenvalue weighted by atomic mass is 10.1. The van der Waals surface area contributed by atoms with E-state index >= 15 is 0 Å². The monoisotopic (exact) mass is 448 g/mol. The molecule has 1 aliphatic heterocycles. The molecule has 1 amide bonds. The molecule has 2 aromatic heterocycles. The molecular weight excluding hydrogens is 424 g/mol. The minimum absolute atomic E-state index is 0.121. The molecule has 10 heteroatoms.